The molecule has 0 spiro atoms. The fourth-order valence-corrected chi connectivity index (χ4v) is 3.73. The molecule has 0 unspecified atom stereocenters. The predicted octanol–water partition coefficient (Wildman–Crippen LogP) is 1.47. The van der Waals surface area contributed by atoms with E-state index in [1.807, 2.05) is 0 Å². The molecule has 1 aliphatic heterocycles. The molecule has 0 bridgehead atoms. The second-order valence-corrected chi connectivity index (χ2v) is 7.71. The van der Waals surface area contributed by atoms with Crippen molar-refractivity contribution < 1.29 is 18.6 Å². The molecule has 6 heteroatoms. The maximum Gasteiger partial charge on any atom is 0.170 e. The normalized spacial score (nSPS) is 20.3. The Morgan fingerprint density at radius 1 is 1.41 bits per heavy atom. The van der Waals surface area contributed by atoms with Gasteiger partial charge in [0.25, 0.3) is 0 Å². The number of Topliss-reactive ketones (excluding diaryl/α,β-unsaturated/α-hetero) is 1. The Labute approximate surface area is 104 Å². The number of rotatable bonds is 5. The summed E-state index contributed by atoms with van der Waals surface area (Å²) >= 11 is 0. The molecule has 1 aliphatic rings. The Balaban J connectivity index is 2.68. The third-order valence-corrected chi connectivity index (χ3v) is 6.28. The minimum absolute atomic E-state index is 0.156. The van der Waals surface area contributed by atoms with Crippen LogP contribution >= 0.6 is 10.6 Å². The number of ketones is 1. The standard InChI is InChI=1S/C11H23NO4S/c1-11(2,10(13)7-12)17(14,15)8-9-3-5-16-6-4-9/h9,14-15H,3-8,12H2,1-2H3. The van der Waals surface area contributed by atoms with Gasteiger partial charge in [-0.2, -0.15) is 10.6 Å². The predicted molar refractivity (Wildman–Crippen MR) is 69.4 cm³/mol. The van der Waals surface area contributed by atoms with E-state index in [4.69, 9.17) is 10.5 Å². The van der Waals surface area contributed by atoms with Gasteiger partial charge in [-0.1, -0.05) is 0 Å². The van der Waals surface area contributed by atoms with E-state index in [0.29, 0.717) is 13.2 Å². The molecule has 17 heavy (non-hydrogen) atoms. The highest BCUT2D eigenvalue weighted by molar-refractivity contribution is 8.26. The Morgan fingerprint density at radius 2 is 1.94 bits per heavy atom. The van der Waals surface area contributed by atoms with Crippen LogP contribution in [-0.4, -0.2) is 45.1 Å². The van der Waals surface area contributed by atoms with Crippen LogP contribution in [0.3, 0.4) is 0 Å². The van der Waals surface area contributed by atoms with Crippen LogP contribution in [0.25, 0.3) is 0 Å². The minimum Gasteiger partial charge on any atom is -0.381 e. The smallest absolute Gasteiger partial charge is 0.170 e. The van der Waals surface area contributed by atoms with Crippen molar-refractivity contribution in [2.75, 3.05) is 25.5 Å². The number of carbonyl (C=O) groups excluding carboxylic acids is 1. The van der Waals surface area contributed by atoms with Crippen LogP contribution in [0, 0.1) is 5.92 Å². The van der Waals surface area contributed by atoms with Crippen molar-refractivity contribution in [2.24, 2.45) is 11.7 Å². The number of nitrogens with two attached hydrogens (primary N) is 1. The molecule has 0 amide bonds. The Kier molecular flexibility index (Phi) is 4.97. The van der Waals surface area contributed by atoms with Gasteiger partial charge in [-0.3, -0.25) is 13.9 Å². The first-order valence-electron chi connectivity index (χ1n) is 5.88. The second-order valence-electron chi connectivity index (χ2n) is 5.03. The summed E-state index contributed by atoms with van der Waals surface area (Å²) < 4.78 is 24.5. The average Bonchev–Trinajstić information content (AvgIpc) is 2.28. The maximum absolute atomic E-state index is 11.7. The van der Waals surface area contributed by atoms with E-state index in [1.54, 1.807) is 13.8 Å². The summed E-state index contributed by atoms with van der Waals surface area (Å²) in [5.74, 6) is 0.193. The van der Waals surface area contributed by atoms with Crippen molar-refractivity contribution in [1.82, 2.24) is 0 Å². The summed E-state index contributed by atoms with van der Waals surface area (Å²) in [5.41, 5.74) is 5.31. The third-order valence-electron chi connectivity index (χ3n) is 3.48. The molecule has 102 valence electrons. The van der Waals surface area contributed by atoms with E-state index in [-0.39, 0.29) is 24.0 Å². The highest BCUT2D eigenvalue weighted by Gasteiger charge is 2.41. The van der Waals surface area contributed by atoms with Crippen LogP contribution in [-0.2, 0) is 9.53 Å². The van der Waals surface area contributed by atoms with Gasteiger partial charge in [0.05, 0.1) is 6.54 Å². The molecule has 0 aromatic carbocycles. The lowest BCUT2D eigenvalue weighted by Gasteiger charge is -2.47. The first-order chi connectivity index (χ1) is 7.81. The number of ether oxygens (including phenoxy) is 1. The van der Waals surface area contributed by atoms with Crippen molar-refractivity contribution in [2.45, 2.75) is 31.4 Å². The SMILES string of the molecule is CC(C)(C(=O)CN)S(O)(O)CC1CCOCC1. The van der Waals surface area contributed by atoms with Crippen molar-refractivity contribution in [3.05, 3.63) is 0 Å². The number of hydrogen-bond donors (Lipinski definition) is 3. The highest BCUT2D eigenvalue weighted by Crippen LogP contribution is 2.54. The molecule has 0 radical (unpaired) electrons. The van der Waals surface area contributed by atoms with Crippen LogP contribution in [0.1, 0.15) is 26.7 Å². The molecule has 0 atom stereocenters. The zero-order chi connectivity index (χ0) is 13.1. The lowest BCUT2D eigenvalue weighted by atomic mass is 10.0. The molecule has 1 fully saturated rings. The molecule has 0 aromatic rings. The average molecular weight is 265 g/mol. The van der Waals surface area contributed by atoms with Crippen LogP contribution in [0.2, 0.25) is 0 Å². The lowest BCUT2D eigenvalue weighted by molar-refractivity contribution is -0.119. The molecule has 0 aromatic heterocycles. The quantitative estimate of drug-likeness (QED) is 0.700. The van der Waals surface area contributed by atoms with E-state index in [2.05, 4.69) is 0 Å². The third kappa shape index (κ3) is 3.42. The molecule has 4 N–H and O–H groups in total. The van der Waals surface area contributed by atoms with Gasteiger partial charge in [0.15, 0.2) is 5.78 Å². The van der Waals surface area contributed by atoms with E-state index in [1.165, 1.54) is 0 Å². The van der Waals surface area contributed by atoms with Crippen molar-refractivity contribution in [1.29, 1.82) is 0 Å². The zero-order valence-electron chi connectivity index (χ0n) is 10.5. The van der Waals surface area contributed by atoms with Gasteiger partial charge in [0.2, 0.25) is 0 Å². The summed E-state index contributed by atoms with van der Waals surface area (Å²) in [6.45, 7) is 4.29. The van der Waals surface area contributed by atoms with Gasteiger partial charge in [-0.05, 0) is 32.6 Å². The maximum atomic E-state index is 11.7. The van der Waals surface area contributed by atoms with E-state index in [0.717, 1.165) is 12.8 Å². The zero-order valence-corrected chi connectivity index (χ0v) is 11.3. The Morgan fingerprint density at radius 3 is 2.41 bits per heavy atom. The van der Waals surface area contributed by atoms with Crippen LogP contribution in [0.15, 0.2) is 0 Å². The van der Waals surface area contributed by atoms with Gasteiger partial charge < -0.3 is 10.5 Å². The largest absolute Gasteiger partial charge is 0.381 e. The topological polar surface area (TPSA) is 92.8 Å². The van der Waals surface area contributed by atoms with E-state index in [9.17, 15) is 13.9 Å². The molecular formula is C11H23NO4S. The van der Waals surface area contributed by atoms with Gasteiger partial charge in [0.1, 0.15) is 4.75 Å². The second kappa shape index (κ2) is 5.67. The summed E-state index contributed by atoms with van der Waals surface area (Å²) in [6.07, 6.45) is 1.64. The summed E-state index contributed by atoms with van der Waals surface area (Å²) in [4.78, 5) is 11.7. The Hall–Kier alpha value is -0.140. The monoisotopic (exact) mass is 265 g/mol. The van der Waals surface area contributed by atoms with Crippen molar-refractivity contribution in [3.8, 4) is 0 Å². The summed E-state index contributed by atoms with van der Waals surface area (Å²) in [7, 11) is -2.96. The molecule has 1 saturated heterocycles. The van der Waals surface area contributed by atoms with Gasteiger partial charge in [-0.25, -0.2) is 0 Å². The first kappa shape index (κ1) is 14.9. The first-order valence-corrected chi connectivity index (χ1v) is 7.59. The number of hydrogen-bond acceptors (Lipinski definition) is 5. The van der Waals surface area contributed by atoms with Gasteiger partial charge >= 0.3 is 0 Å². The van der Waals surface area contributed by atoms with E-state index >= 15 is 0 Å². The van der Waals surface area contributed by atoms with Gasteiger partial charge in [-0.15, -0.1) is 0 Å². The molecule has 0 aliphatic carbocycles. The fourth-order valence-electron chi connectivity index (χ4n) is 1.88. The van der Waals surface area contributed by atoms with E-state index < -0.39 is 15.3 Å². The number of carbonyl (C=O) groups is 1. The van der Waals surface area contributed by atoms with Crippen LogP contribution < -0.4 is 5.73 Å². The molecule has 1 rings (SSSR count). The molecule has 1 heterocycles. The fraction of sp³-hybridized carbons (Fsp3) is 0.909. The minimum atomic E-state index is -2.96. The molecule has 5 nitrogen and oxygen atoms in total. The van der Waals surface area contributed by atoms with Crippen molar-refractivity contribution >= 4 is 16.4 Å². The lowest BCUT2D eigenvalue weighted by Crippen LogP contribution is -2.43. The highest BCUT2D eigenvalue weighted by atomic mass is 32.3. The molecule has 0 saturated carbocycles. The van der Waals surface area contributed by atoms with Crippen LogP contribution in [0.4, 0.5) is 0 Å². The summed E-state index contributed by atoms with van der Waals surface area (Å²) in [5, 5.41) is 0. The van der Waals surface area contributed by atoms with Crippen molar-refractivity contribution in [3.63, 3.8) is 0 Å². The Bertz CT molecular complexity index is 275. The summed E-state index contributed by atoms with van der Waals surface area (Å²) in [6, 6.07) is 0. The molecular weight excluding hydrogens is 242 g/mol. The van der Waals surface area contributed by atoms with Crippen LogP contribution in [0.5, 0.6) is 0 Å². The van der Waals surface area contributed by atoms with Gasteiger partial charge in [0, 0.05) is 19.0 Å².